The lowest BCUT2D eigenvalue weighted by Gasteiger charge is -2.35. The van der Waals surface area contributed by atoms with Gasteiger partial charge in [0.05, 0.1) is 43.6 Å². The van der Waals surface area contributed by atoms with Gasteiger partial charge in [-0.3, -0.25) is 0 Å². The molecule has 1 aliphatic heterocycles. The van der Waals surface area contributed by atoms with Crippen molar-refractivity contribution >= 4 is 21.7 Å². The highest BCUT2D eigenvalue weighted by Crippen LogP contribution is 2.16. The highest BCUT2D eigenvalue weighted by Gasteiger charge is 2.28. The van der Waals surface area contributed by atoms with Crippen LogP contribution in [0.25, 0.3) is 11.4 Å². The van der Waals surface area contributed by atoms with Crippen molar-refractivity contribution in [3.05, 3.63) is 42.7 Å². The number of rotatable bonds is 5. The standard InChI is InChI=1S/C17H21N5O4S/c1-27(24,25)20-11-15-12-26-8-7-22(15)17(23)21-14-9-18-16(19-10-14)13-5-3-2-4-6-13/h2-6,9-10,15,20H,7-8,11-12H2,1H3,(H,21,23). The third-order valence-electron chi connectivity index (χ3n) is 4.00. The third-order valence-corrected chi connectivity index (χ3v) is 4.70. The van der Waals surface area contributed by atoms with Crippen molar-refractivity contribution in [2.75, 3.05) is 37.9 Å². The molecule has 0 saturated carbocycles. The third kappa shape index (κ3) is 5.46. The van der Waals surface area contributed by atoms with Crippen molar-refractivity contribution in [2.24, 2.45) is 0 Å². The Kier molecular flexibility index (Phi) is 5.99. The van der Waals surface area contributed by atoms with Crippen molar-refractivity contribution in [1.29, 1.82) is 0 Å². The predicted octanol–water partition coefficient (Wildman–Crippen LogP) is 0.926. The van der Waals surface area contributed by atoms with Crippen LogP contribution in [0.15, 0.2) is 42.7 Å². The van der Waals surface area contributed by atoms with Gasteiger partial charge in [0, 0.05) is 18.7 Å². The minimum absolute atomic E-state index is 0.0930. The maximum absolute atomic E-state index is 12.6. The number of nitrogens with zero attached hydrogens (tertiary/aromatic N) is 3. The van der Waals surface area contributed by atoms with Crippen LogP contribution in [0.2, 0.25) is 0 Å². The van der Waals surface area contributed by atoms with Crippen LogP contribution in [0.4, 0.5) is 10.5 Å². The van der Waals surface area contributed by atoms with Crippen LogP contribution in [0.5, 0.6) is 0 Å². The Morgan fingerprint density at radius 1 is 1.26 bits per heavy atom. The summed E-state index contributed by atoms with van der Waals surface area (Å²) in [4.78, 5) is 22.7. The number of morpholine rings is 1. The van der Waals surface area contributed by atoms with E-state index in [1.54, 1.807) is 4.90 Å². The van der Waals surface area contributed by atoms with Crippen LogP contribution in [0.3, 0.4) is 0 Å². The topological polar surface area (TPSA) is 114 Å². The van der Waals surface area contributed by atoms with Gasteiger partial charge in [0.1, 0.15) is 0 Å². The average Bonchev–Trinajstić information content (AvgIpc) is 2.67. The van der Waals surface area contributed by atoms with E-state index in [0.29, 0.717) is 24.7 Å². The molecule has 1 saturated heterocycles. The van der Waals surface area contributed by atoms with Crippen molar-refractivity contribution in [3.8, 4) is 11.4 Å². The van der Waals surface area contributed by atoms with Gasteiger partial charge in [-0.05, 0) is 0 Å². The first-order chi connectivity index (χ1) is 12.9. The van der Waals surface area contributed by atoms with Gasteiger partial charge in [0.25, 0.3) is 0 Å². The largest absolute Gasteiger partial charge is 0.377 e. The van der Waals surface area contributed by atoms with E-state index in [0.717, 1.165) is 11.8 Å². The smallest absolute Gasteiger partial charge is 0.322 e. The molecule has 1 unspecified atom stereocenters. The quantitative estimate of drug-likeness (QED) is 0.784. The zero-order valence-corrected chi connectivity index (χ0v) is 15.6. The van der Waals surface area contributed by atoms with Gasteiger partial charge in [0.15, 0.2) is 5.82 Å². The summed E-state index contributed by atoms with van der Waals surface area (Å²) in [6, 6.07) is 8.78. The van der Waals surface area contributed by atoms with E-state index in [4.69, 9.17) is 4.74 Å². The molecule has 0 bridgehead atoms. The molecule has 0 radical (unpaired) electrons. The summed E-state index contributed by atoms with van der Waals surface area (Å²) >= 11 is 0. The first-order valence-electron chi connectivity index (χ1n) is 8.40. The molecule has 3 rings (SSSR count). The molecule has 2 amide bonds. The lowest BCUT2D eigenvalue weighted by atomic mass is 10.2. The van der Waals surface area contributed by atoms with E-state index in [9.17, 15) is 13.2 Å². The average molecular weight is 391 g/mol. The van der Waals surface area contributed by atoms with E-state index < -0.39 is 16.1 Å². The van der Waals surface area contributed by atoms with Crippen molar-refractivity contribution in [3.63, 3.8) is 0 Å². The fraction of sp³-hybridized carbons (Fsp3) is 0.353. The zero-order valence-electron chi connectivity index (χ0n) is 14.8. The summed E-state index contributed by atoms with van der Waals surface area (Å²) in [7, 11) is -3.35. The van der Waals surface area contributed by atoms with Crippen molar-refractivity contribution < 1.29 is 17.9 Å². The molecule has 1 fully saturated rings. The van der Waals surface area contributed by atoms with E-state index in [1.807, 2.05) is 30.3 Å². The molecule has 1 aliphatic rings. The number of hydrogen-bond donors (Lipinski definition) is 2. The van der Waals surface area contributed by atoms with E-state index in [1.165, 1.54) is 12.4 Å². The summed E-state index contributed by atoms with van der Waals surface area (Å²) in [5, 5.41) is 2.75. The number of carbonyl (C=O) groups excluding carboxylic acids is 1. The minimum Gasteiger partial charge on any atom is -0.377 e. The molecule has 1 aromatic heterocycles. The summed E-state index contributed by atoms with van der Waals surface area (Å²) in [6.45, 7) is 1.12. The van der Waals surface area contributed by atoms with Gasteiger partial charge in [-0.2, -0.15) is 0 Å². The Morgan fingerprint density at radius 2 is 1.96 bits per heavy atom. The number of benzene rings is 1. The second-order valence-corrected chi connectivity index (χ2v) is 7.97. The first-order valence-corrected chi connectivity index (χ1v) is 10.3. The number of amides is 2. The summed E-state index contributed by atoms with van der Waals surface area (Å²) < 4.78 is 30.4. The number of hydrogen-bond acceptors (Lipinski definition) is 6. The van der Waals surface area contributed by atoms with Gasteiger partial charge in [-0.15, -0.1) is 0 Å². The van der Waals surface area contributed by atoms with E-state index >= 15 is 0 Å². The Hall–Kier alpha value is -2.56. The molecular weight excluding hydrogens is 370 g/mol. The van der Waals surface area contributed by atoms with Crippen LogP contribution in [-0.4, -0.2) is 67.9 Å². The molecule has 144 valence electrons. The Bertz CT molecular complexity index is 874. The highest BCUT2D eigenvalue weighted by atomic mass is 32.2. The van der Waals surface area contributed by atoms with Gasteiger partial charge in [-0.1, -0.05) is 30.3 Å². The molecule has 0 aliphatic carbocycles. The lowest BCUT2D eigenvalue weighted by Crippen LogP contribution is -2.54. The fourth-order valence-electron chi connectivity index (χ4n) is 2.66. The van der Waals surface area contributed by atoms with E-state index in [-0.39, 0.29) is 19.2 Å². The molecule has 9 nitrogen and oxygen atoms in total. The van der Waals surface area contributed by atoms with Crippen LogP contribution in [0.1, 0.15) is 0 Å². The number of anilines is 1. The number of aromatic nitrogens is 2. The van der Waals surface area contributed by atoms with Crippen molar-refractivity contribution in [1.82, 2.24) is 19.6 Å². The Balaban J connectivity index is 1.64. The molecule has 0 spiro atoms. The first kappa shape index (κ1) is 19.2. The molecule has 2 aromatic rings. The maximum Gasteiger partial charge on any atom is 0.322 e. The van der Waals surface area contributed by atoms with Gasteiger partial charge in [-0.25, -0.2) is 27.9 Å². The molecule has 10 heteroatoms. The number of sulfonamides is 1. The fourth-order valence-corrected chi connectivity index (χ4v) is 3.16. The van der Waals surface area contributed by atoms with Crippen LogP contribution in [-0.2, 0) is 14.8 Å². The molecule has 2 heterocycles. The van der Waals surface area contributed by atoms with E-state index in [2.05, 4.69) is 20.0 Å². The molecule has 27 heavy (non-hydrogen) atoms. The van der Waals surface area contributed by atoms with Crippen molar-refractivity contribution in [2.45, 2.75) is 6.04 Å². The number of urea groups is 1. The van der Waals surface area contributed by atoms with Crippen LogP contribution >= 0.6 is 0 Å². The lowest BCUT2D eigenvalue weighted by molar-refractivity contribution is 0.0176. The number of ether oxygens (including phenoxy) is 1. The molecule has 1 atom stereocenters. The van der Waals surface area contributed by atoms with Gasteiger partial charge < -0.3 is 15.0 Å². The maximum atomic E-state index is 12.6. The van der Waals surface area contributed by atoms with Crippen LogP contribution in [0, 0.1) is 0 Å². The molecular formula is C17H21N5O4S. The predicted molar refractivity (Wildman–Crippen MR) is 101 cm³/mol. The van der Waals surface area contributed by atoms with Gasteiger partial charge >= 0.3 is 6.03 Å². The monoisotopic (exact) mass is 391 g/mol. The highest BCUT2D eigenvalue weighted by molar-refractivity contribution is 7.88. The zero-order chi connectivity index (χ0) is 19.3. The summed E-state index contributed by atoms with van der Waals surface area (Å²) in [6.07, 6.45) is 4.15. The van der Waals surface area contributed by atoms with Gasteiger partial charge in [0.2, 0.25) is 10.0 Å². The Morgan fingerprint density at radius 3 is 2.63 bits per heavy atom. The second kappa shape index (κ2) is 8.42. The summed E-state index contributed by atoms with van der Waals surface area (Å²) in [5.74, 6) is 0.565. The second-order valence-electron chi connectivity index (χ2n) is 6.13. The normalized spacial score (nSPS) is 17.5. The summed E-state index contributed by atoms with van der Waals surface area (Å²) in [5.41, 5.74) is 1.34. The number of nitrogens with one attached hydrogen (secondary N) is 2. The Labute approximate surface area is 157 Å². The van der Waals surface area contributed by atoms with Crippen LogP contribution < -0.4 is 10.0 Å². The SMILES string of the molecule is CS(=O)(=O)NCC1COCCN1C(=O)Nc1cnc(-c2ccccc2)nc1. The minimum atomic E-state index is -3.35. The molecule has 1 aromatic carbocycles. The number of carbonyl (C=O) groups is 1. The molecule has 2 N–H and O–H groups in total.